The third kappa shape index (κ3) is 4.50. The molecular formula is C17H28N2O. The lowest BCUT2D eigenvalue weighted by molar-refractivity contribution is 0.179. The standard InChI is InChI=1S/C17H28N2O/c1-14-7-8-15(2)17(12-14)20-11-5-10-19-9-4-6-16(13-19)18-3/h7-8,12,16,18H,4-6,9-11,13H2,1-3H3. The van der Waals surface area contributed by atoms with Crippen LogP contribution in [0.3, 0.4) is 0 Å². The number of likely N-dealkylation sites (N-methyl/N-ethyl adjacent to an activating group) is 1. The van der Waals surface area contributed by atoms with E-state index >= 15 is 0 Å². The lowest BCUT2D eigenvalue weighted by atomic mass is 10.1. The molecular weight excluding hydrogens is 248 g/mol. The Morgan fingerprint density at radius 3 is 3.00 bits per heavy atom. The first kappa shape index (κ1) is 15.3. The van der Waals surface area contributed by atoms with Gasteiger partial charge in [0.1, 0.15) is 5.75 Å². The van der Waals surface area contributed by atoms with Crippen LogP contribution in [-0.4, -0.2) is 44.2 Å². The maximum Gasteiger partial charge on any atom is 0.122 e. The molecule has 1 N–H and O–H groups in total. The summed E-state index contributed by atoms with van der Waals surface area (Å²) in [7, 11) is 2.07. The molecule has 1 aromatic rings. The zero-order chi connectivity index (χ0) is 14.4. The highest BCUT2D eigenvalue weighted by Crippen LogP contribution is 2.19. The summed E-state index contributed by atoms with van der Waals surface area (Å²) in [4.78, 5) is 2.55. The molecule has 0 bridgehead atoms. The highest BCUT2D eigenvalue weighted by molar-refractivity contribution is 5.35. The number of benzene rings is 1. The van der Waals surface area contributed by atoms with Crippen molar-refractivity contribution in [1.82, 2.24) is 10.2 Å². The van der Waals surface area contributed by atoms with E-state index in [4.69, 9.17) is 4.74 Å². The Morgan fingerprint density at radius 1 is 1.35 bits per heavy atom. The molecule has 1 fully saturated rings. The number of hydrogen-bond acceptors (Lipinski definition) is 3. The summed E-state index contributed by atoms with van der Waals surface area (Å²) in [5.41, 5.74) is 2.49. The van der Waals surface area contributed by atoms with E-state index in [0.29, 0.717) is 6.04 Å². The maximum absolute atomic E-state index is 5.92. The van der Waals surface area contributed by atoms with Gasteiger partial charge in [-0.25, -0.2) is 0 Å². The van der Waals surface area contributed by atoms with Crippen molar-refractivity contribution in [3.8, 4) is 5.75 Å². The molecule has 3 nitrogen and oxygen atoms in total. The molecule has 20 heavy (non-hydrogen) atoms. The Morgan fingerprint density at radius 2 is 2.20 bits per heavy atom. The van der Waals surface area contributed by atoms with Crippen LogP contribution in [-0.2, 0) is 0 Å². The number of likely N-dealkylation sites (tertiary alicyclic amines) is 1. The van der Waals surface area contributed by atoms with Gasteiger partial charge < -0.3 is 15.0 Å². The third-order valence-corrected chi connectivity index (χ3v) is 4.13. The quantitative estimate of drug-likeness (QED) is 0.809. The van der Waals surface area contributed by atoms with E-state index in [1.165, 1.54) is 37.1 Å². The van der Waals surface area contributed by atoms with Crippen molar-refractivity contribution >= 4 is 0 Å². The van der Waals surface area contributed by atoms with Crippen molar-refractivity contribution in [3.05, 3.63) is 29.3 Å². The first-order valence-corrected chi connectivity index (χ1v) is 7.78. The van der Waals surface area contributed by atoms with Crippen LogP contribution in [0.25, 0.3) is 0 Å². The van der Waals surface area contributed by atoms with Crippen molar-refractivity contribution < 1.29 is 4.74 Å². The van der Waals surface area contributed by atoms with Crippen LogP contribution >= 0.6 is 0 Å². The molecule has 112 valence electrons. The SMILES string of the molecule is CNC1CCCN(CCCOc2cc(C)ccc2C)C1. The lowest BCUT2D eigenvalue weighted by Gasteiger charge is -2.32. The largest absolute Gasteiger partial charge is 0.493 e. The van der Waals surface area contributed by atoms with Crippen molar-refractivity contribution in [1.29, 1.82) is 0 Å². The van der Waals surface area contributed by atoms with Crippen LogP contribution in [0, 0.1) is 13.8 Å². The van der Waals surface area contributed by atoms with Gasteiger partial charge >= 0.3 is 0 Å². The Hall–Kier alpha value is -1.06. The molecule has 0 aromatic heterocycles. The topological polar surface area (TPSA) is 24.5 Å². The molecule has 3 heteroatoms. The van der Waals surface area contributed by atoms with Gasteiger partial charge in [-0.3, -0.25) is 0 Å². The molecule has 1 atom stereocenters. The van der Waals surface area contributed by atoms with E-state index in [1.54, 1.807) is 0 Å². The van der Waals surface area contributed by atoms with E-state index in [1.807, 2.05) is 0 Å². The van der Waals surface area contributed by atoms with Crippen LogP contribution in [0.4, 0.5) is 0 Å². The summed E-state index contributed by atoms with van der Waals surface area (Å²) >= 11 is 0. The molecule has 2 rings (SSSR count). The Balaban J connectivity index is 1.69. The van der Waals surface area contributed by atoms with Crippen molar-refractivity contribution in [2.45, 2.75) is 39.2 Å². The van der Waals surface area contributed by atoms with Crippen molar-refractivity contribution in [2.24, 2.45) is 0 Å². The highest BCUT2D eigenvalue weighted by Gasteiger charge is 2.17. The zero-order valence-electron chi connectivity index (χ0n) is 13.1. The second-order valence-corrected chi connectivity index (χ2v) is 5.90. The Kier molecular flexibility index (Phi) is 5.86. The lowest BCUT2D eigenvalue weighted by Crippen LogP contribution is -2.44. The van der Waals surface area contributed by atoms with Gasteiger partial charge in [0.2, 0.25) is 0 Å². The monoisotopic (exact) mass is 276 g/mol. The number of piperidine rings is 1. The Bertz CT molecular complexity index is 419. The van der Waals surface area contributed by atoms with Crippen LogP contribution in [0.15, 0.2) is 18.2 Å². The summed E-state index contributed by atoms with van der Waals surface area (Å²) in [6.07, 6.45) is 3.72. The molecule has 0 radical (unpaired) electrons. The van der Waals surface area contributed by atoms with Gasteiger partial charge in [0.15, 0.2) is 0 Å². The van der Waals surface area contributed by atoms with Gasteiger partial charge in [-0.15, -0.1) is 0 Å². The normalized spacial score (nSPS) is 20.1. The van der Waals surface area contributed by atoms with Gasteiger partial charge in [0, 0.05) is 19.1 Å². The summed E-state index contributed by atoms with van der Waals surface area (Å²) in [5.74, 6) is 1.04. The average Bonchev–Trinajstić information content (AvgIpc) is 2.47. The summed E-state index contributed by atoms with van der Waals surface area (Å²) in [6.45, 7) is 8.59. The van der Waals surface area contributed by atoms with Gasteiger partial charge in [-0.2, -0.15) is 0 Å². The van der Waals surface area contributed by atoms with Gasteiger partial charge in [-0.05, 0) is 63.9 Å². The molecule has 1 heterocycles. The summed E-state index contributed by atoms with van der Waals surface area (Å²) < 4.78 is 5.92. The number of nitrogens with one attached hydrogen (secondary N) is 1. The Labute approximate surface area is 123 Å². The van der Waals surface area contributed by atoms with E-state index in [2.05, 4.69) is 49.3 Å². The third-order valence-electron chi connectivity index (χ3n) is 4.13. The average molecular weight is 276 g/mol. The van der Waals surface area contributed by atoms with E-state index in [-0.39, 0.29) is 0 Å². The maximum atomic E-state index is 5.92. The highest BCUT2D eigenvalue weighted by atomic mass is 16.5. The predicted octanol–water partition coefficient (Wildman–Crippen LogP) is 2.76. The van der Waals surface area contributed by atoms with Gasteiger partial charge in [-0.1, -0.05) is 12.1 Å². The second-order valence-electron chi connectivity index (χ2n) is 5.90. The van der Waals surface area contributed by atoms with Crippen LogP contribution in [0.5, 0.6) is 5.75 Å². The molecule has 1 unspecified atom stereocenters. The second kappa shape index (κ2) is 7.65. The molecule has 1 aliphatic heterocycles. The van der Waals surface area contributed by atoms with Crippen molar-refractivity contribution in [3.63, 3.8) is 0 Å². The van der Waals surface area contributed by atoms with Crippen LogP contribution in [0.2, 0.25) is 0 Å². The van der Waals surface area contributed by atoms with Crippen molar-refractivity contribution in [2.75, 3.05) is 33.3 Å². The minimum absolute atomic E-state index is 0.670. The number of rotatable bonds is 6. The fourth-order valence-corrected chi connectivity index (χ4v) is 2.83. The zero-order valence-corrected chi connectivity index (χ0v) is 13.1. The molecule has 1 saturated heterocycles. The van der Waals surface area contributed by atoms with Gasteiger partial charge in [0.05, 0.1) is 6.61 Å². The number of ether oxygens (including phenoxy) is 1. The molecule has 1 aromatic carbocycles. The molecule has 1 aliphatic rings. The fourth-order valence-electron chi connectivity index (χ4n) is 2.83. The minimum atomic E-state index is 0.670. The summed E-state index contributed by atoms with van der Waals surface area (Å²) in [5, 5.41) is 3.39. The van der Waals surface area contributed by atoms with Crippen LogP contribution in [0.1, 0.15) is 30.4 Å². The van der Waals surface area contributed by atoms with E-state index in [9.17, 15) is 0 Å². The first-order valence-electron chi connectivity index (χ1n) is 7.78. The van der Waals surface area contributed by atoms with Crippen LogP contribution < -0.4 is 10.1 Å². The van der Waals surface area contributed by atoms with E-state index in [0.717, 1.165) is 25.3 Å². The number of aryl methyl sites for hydroxylation is 2. The van der Waals surface area contributed by atoms with E-state index < -0.39 is 0 Å². The van der Waals surface area contributed by atoms with Gasteiger partial charge in [0.25, 0.3) is 0 Å². The molecule has 0 aliphatic carbocycles. The molecule has 0 spiro atoms. The minimum Gasteiger partial charge on any atom is -0.493 e. The summed E-state index contributed by atoms with van der Waals surface area (Å²) in [6, 6.07) is 7.07. The fraction of sp³-hybridized carbons (Fsp3) is 0.647. The smallest absolute Gasteiger partial charge is 0.122 e. The number of nitrogens with zero attached hydrogens (tertiary/aromatic N) is 1. The molecule has 0 saturated carbocycles. The molecule has 0 amide bonds. The predicted molar refractivity (Wildman–Crippen MR) is 84.5 cm³/mol. The number of hydrogen-bond donors (Lipinski definition) is 1. The first-order chi connectivity index (χ1) is 9.69.